The van der Waals surface area contributed by atoms with Crippen molar-refractivity contribution in [2.75, 3.05) is 5.73 Å². The number of nitrogens with one attached hydrogen (secondary N) is 1. The average Bonchev–Trinajstić information content (AvgIpc) is 3.05. The molecule has 1 atom stereocenters. The lowest BCUT2D eigenvalue weighted by Crippen LogP contribution is -2.28. The Morgan fingerprint density at radius 2 is 2.00 bits per heavy atom. The van der Waals surface area contributed by atoms with E-state index in [0.29, 0.717) is 23.0 Å². The Kier molecular flexibility index (Phi) is 4.19. The highest BCUT2D eigenvalue weighted by atomic mass is 16.5. The monoisotopic (exact) mass is 324 g/mol. The number of hydrogen-bond donors (Lipinski definition) is 2. The third-order valence-electron chi connectivity index (χ3n) is 3.43. The standard InChI is InChI=1S/C16H16N6O2/c1-9-12(8-18-16(17)20-9)14(23)19-10(2)15-21-13(22-24-15)11-6-4-3-5-7-11/h3-8,10H,1-2H3,(H,19,23)(H2,17,18,20). The molecule has 1 unspecified atom stereocenters. The van der Waals surface area contributed by atoms with E-state index < -0.39 is 6.04 Å². The third-order valence-corrected chi connectivity index (χ3v) is 3.43. The zero-order valence-corrected chi connectivity index (χ0v) is 13.2. The van der Waals surface area contributed by atoms with Gasteiger partial charge in [-0.2, -0.15) is 4.98 Å². The van der Waals surface area contributed by atoms with Crippen molar-refractivity contribution >= 4 is 11.9 Å². The number of nitrogen functional groups attached to an aromatic ring is 1. The molecular weight excluding hydrogens is 308 g/mol. The number of aryl methyl sites for hydroxylation is 1. The minimum Gasteiger partial charge on any atom is -0.368 e. The van der Waals surface area contributed by atoms with E-state index in [4.69, 9.17) is 10.3 Å². The average molecular weight is 324 g/mol. The Morgan fingerprint density at radius 1 is 1.25 bits per heavy atom. The molecule has 0 fully saturated rings. The normalized spacial score (nSPS) is 11.9. The number of carbonyl (C=O) groups excluding carboxylic acids is 1. The van der Waals surface area contributed by atoms with Crippen molar-refractivity contribution in [3.05, 3.63) is 53.7 Å². The second-order valence-corrected chi connectivity index (χ2v) is 5.24. The molecule has 0 bridgehead atoms. The molecule has 24 heavy (non-hydrogen) atoms. The predicted octanol–water partition coefficient (Wildman–Crippen LogP) is 1.91. The molecule has 122 valence electrons. The molecule has 0 spiro atoms. The van der Waals surface area contributed by atoms with Crippen LogP contribution in [0.5, 0.6) is 0 Å². The van der Waals surface area contributed by atoms with Gasteiger partial charge in [-0.05, 0) is 13.8 Å². The zero-order chi connectivity index (χ0) is 17.1. The smallest absolute Gasteiger partial charge is 0.255 e. The van der Waals surface area contributed by atoms with Gasteiger partial charge in [0, 0.05) is 11.8 Å². The Labute approximate surface area is 138 Å². The second kappa shape index (κ2) is 6.45. The van der Waals surface area contributed by atoms with Gasteiger partial charge in [0.1, 0.15) is 6.04 Å². The molecule has 0 aliphatic heterocycles. The van der Waals surface area contributed by atoms with Gasteiger partial charge < -0.3 is 15.6 Å². The fourth-order valence-corrected chi connectivity index (χ4v) is 2.16. The second-order valence-electron chi connectivity index (χ2n) is 5.24. The first-order valence-electron chi connectivity index (χ1n) is 7.33. The van der Waals surface area contributed by atoms with E-state index in [1.54, 1.807) is 13.8 Å². The number of hydrogen-bond acceptors (Lipinski definition) is 7. The maximum atomic E-state index is 12.3. The van der Waals surface area contributed by atoms with Gasteiger partial charge in [0.15, 0.2) is 0 Å². The van der Waals surface area contributed by atoms with Crippen molar-refractivity contribution in [1.82, 2.24) is 25.4 Å². The fourth-order valence-electron chi connectivity index (χ4n) is 2.16. The summed E-state index contributed by atoms with van der Waals surface area (Å²) < 4.78 is 5.24. The van der Waals surface area contributed by atoms with Crippen LogP contribution in [-0.2, 0) is 0 Å². The molecule has 1 aromatic carbocycles. The molecule has 3 aromatic rings. The first-order chi connectivity index (χ1) is 11.5. The van der Waals surface area contributed by atoms with Crippen LogP contribution in [0.3, 0.4) is 0 Å². The van der Waals surface area contributed by atoms with E-state index in [2.05, 4.69) is 25.4 Å². The van der Waals surface area contributed by atoms with Gasteiger partial charge in [0.05, 0.1) is 11.3 Å². The summed E-state index contributed by atoms with van der Waals surface area (Å²) in [5.74, 6) is 0.580. The van der Waals surface area contributed by atoms with Crippen LogP contribution in [0.25, 0.3) is 11.4 Å². The highest BCUT2D eigenvalue weighted by Crippen LogP contribution is 2.18. The SMILES string of the molecule is Cc1nc(N)ncc1C(=O)NC(C)c1nc(-c2ccccc2)no1. The molecule has 1 amide bonds. The van der Waals surface area contributed by atoms with Gasteiger partial charge in [-0.3, -0.25) is 4.79 Å². The molecule has 0 aliphatic carbocycles. The van der Waals surface area contributed by atoms with Crippen LogP contribution in [-0.4, -0.2) is 26.0 Å². The van der Waals surface area contributed by atoms with Gasteiger partial charge in [-0.15, -0.1) is 0 Å². The van der Waals surface area contributed by atoms with Crippen LogP contribution >= 0.6 is 0 Å². The molecular formula is C16H16N6O2. The molecule has 0 radical (unpaired) electrons. The van der Waals surface area contributed by atoms with E-state index in [0.717, 1.165) is 5.56 Å². The number of aromatic nitrogens is 4. The van der Waals surface area contributed by atoms with Crippen molar-refractivity contribution in [2.45, 2.75) is 19.9 Å². The van der Waals surface area contributed by atoms with Gasteiger partial charge in [-0.25, -0.2) is 9.97 Å². The van der Waals surface area contributed by atoms with Crippen molar-refractivity contribution in [1.29, 1.82) is 0 Å². The van der Waals surface area contributed by atoms with Crippen molar-refractivity contribution in [2.24, 2.45) is 0 Å². The number of amides is 1. The maximum absolute atomic E-state index is 12.3. The van der Waals surface area contributed by atoms with E-state index >= 15 is 0 Å². The summed E-state index contributed by atoms with van der Waals surface area (Å²) in [7, 11) is 0. The molecule has 8 nitrogen and oxygen atoms in total. The van der Waals surface area contributed by atoms with Crippen LogP contribution < -0.4 is 11.1 Å². The van der Waals surface area contributed by atoms with Crippen LogP contribution in [0.1, 0.15) is 34.9 Å². The lowest BCUT2D eigenvalue weighted by molar-refractivity contribution is 0.0931. The van der Waals surface area contributed by atoms with Crippen molar-refractivity contribution < 1.29 is 9.32 Å². The van der Waals surface area contributed by atoms with E-state index in [1.165, 1.54) is 6.20 Å². The Morgan fingerprint density at radius 3 is 2.71 bits per heavy atom. The molecule has 2 aromatic heterocycles. The number of anilines is 1. The molecule has 3 rings (SSSR count). The topological polar surface area (TPSA) is 120 Å². The van der Waals surface area contributed by atoms with E-state index in [1.807, 2.05) is 30.3 Å². The molecule has 8 heteroatoms. The van der Waals surface area contributed by atoms with Crippen LogP contribution in [0.2, 0.25) is 0 Å². The fraction of sp³-hybridized carbons (Fsp3) is 0.188. The van der Waals surface area contributed by atoms with Gasteiger partial charge in [0.25, 0.3) is 5.91 Å². The number of benzene rings is 1. The summed E-state index contributed by atoms with van der Waals surface area (Å²) in [5, 5.41) is 6.72. The van der Waals surface area contributed by atoms with E-state index in [-0.39, 0.29) is 11.9 Å². The third kappa shape index (κ3) is 3.22. The van der Waals surface area contributed by atoms with Gasteiger partial charge in [-0.1, -0.05) is 35.5 Å². The van der Waals surface area contributed by atoms with Crippen molar-refractivity contribution in [3.8, 4) is 11.4 Å². The summed E-state index contributed by atoms with van der Waals surface area (Å²) in [6.45, 7) is 3.45. The summed E-state index contributed by atoms with van der Waals surface area (Å²) in [4.78, 5) is 24.4. The predicted molar refractivity (Wildman–Crippen MR) is 86.8 cm³/mol. The quantitative estimate of drug-likeness (QED) is 0.752. The maximum Gasteiger partial charge on any atom is 0.255 e. The first-order valence-corrected chi connectivity index (χ1v) is 7.33. The lowest BCUT2D eigenvalue weighted by Gasteiger charge is -2.10. The highest BCUT2D eigenvalue weighted by molar-refractivity contribution is 5.95. The Hall–Kier alpha value is -3.29. The summed E-state index contributed by atoms with van der Waals surface area (Å²) in [6.07, 6.45) is 1.39. The highest BCUT2D eigenvalue weighted by Gasteiger charge is 2.19. The molecule has 0 aliphatic rings. The molecule has 0 saturated heterocycles. The number of carbonyl (C=O) groups is 1. The Balaban J connectivity index is 1.74. The largest absolute Gasteiger partial charge is 0.368 e. The number of nitrogens with zero attached hydrogens (tertiary/aromatic N) is 4. The minimum absolute atomic E-state index is 0.126. The van der Waals surface area contributed by atoms with Crippen LogP contribution in [0.15, 0.2) is 41.1 Å². The zero-order valence-electron chi connectivity index (χ0n) is 13.2. The molecule has 0 saturated carbocycles. The lowest BCUT2D eigenvalue weighted by atomic mass is 10.2. The summed E-state index contributed by atoms with van der Waals surface area (Å²) >= 11 is 0. The molecule has 2 heterocycles. The van der Waals surface area contributed by atoms with Gasteiger partial charge >= 0.3 is 0 Å². The van der Waals surface area contributed by atoms with Crippen LogP contribution in [0.4, 0.5) is 5.95 Å². The van der Waals surface area contributed by atoms with Gasteiger partial charge in [0.2, 0.25) is 17.7 Å². The van der Waals surface area contributed by atoms with Crippen LogP contribution in [0, 0.1) is 6.92 Å². The molecule has 3 N–H and O–H groups in total. The number of rotatable bonds is 4. The summed E-state index contributed by atoms with van der Waals surface area (Å²) in [6, 6.07) is 8.99. The number of nitrogens with two attached hydrogens (primary N) is 1. The Bertz CT molecular complexity index is 862. The minimum atomic E-state index is -0.459. The van der Waals surface area contributed by atoms with Crippen molar-refractivity contribution in [3.63, 3.8) is 0 Å². The summed E-state index contributed by atoms with van der Waals surface area (Å²) in [5.41, 5.74) is 7.18. The first kappa shape index (κ1) is 15.6. The van der Waals surface area contributed by atoms with E-state index in [9.17, 15) is 4.79 Å².